The molecule has 0 heterocycles. The Hall–Kier alpha value is -2.49. The Bertz CT molecular complexity index is 609. The van der Waals surface area contributed by atoms with Gasteiger partial charge in [0.15, 0.2) is 11.5 Å². The van der Waals surface area contributed by atoms with Crippen LogP contribution in [0.4, 0.5) is 0 Å². The van der Waals surface area contributed by atoms with E-state index < -0.39 is 0 Å². The molecule has 4 heteroatoms. The number of nitrogen functional groups attached to an aromatic ring is 1. The Kier molecular flexibility index (Phi) is 3.71. The molecule has 4 nitrogen and oxygen atoms in total. The van der Waals surface area contributed by atoms with Crippen LogP contribution in [0.5, 0.6) is 17.2 Å². The Balaban J connectivity index is 2.46. The highest BCUT2D eigenvalue weighted by atomic mass is 16.5. The molecule has 0 bridgehead atoms. The molecule has 2 rings (SSSR count). The van der Waals surface area contributed by atoms with Crippen molar-refractivity contribution < 1.29 is 9.47 Å². The number of benzene rings is 2. The van der Waals surface area contributed by atoms with Crippen molar-refractivity contribution in [2.24, 2.45) is 5.73 Å². The van der Waals surface area contributed by atoms with Crippen molar-refractivity contribution in [3.05, 3.63) is 53.6 Å². The number of aryl methyl sites for hydroxylation is 1. The lowest BCUT2D eigenvalue weighted by Gasteiger charge is -2.14. The van der Waals surface area contributed by atoms with Crippen LogP contribution in [0.25, 0.3) is 0 Å². The number of nitrogens with one attached hydrogen (secondary N) is 1. The van der Waals surface area contributed by atoms with Gasteiger partial charge >= 0.3 is 0 Å². The molecule has 0 saturated heterocycles. The van der Waals surface area contributed by atoms with Crippen LogP contribution in [0, 0.1) is 12.3 Å². The van der Waals surface area contributed by atoms with Crippen molar-refractivity contribution >= 4 is 5.84 Å². The molecule has 0 aliphatic rings. The topological polar surface area (TPSA) is 68.3 Å². The highest BCUT2D eigenvalue weighted by molar-refractivity contribution is 5.98. The Labute approximate surface area is 112 Å². The zero-order valence-electron chi connectivity index (χ0n) is 10.9. The van der Waals surface area contributed by atoms with E-state index in [1.165, 1.54) is 0 Å². The predicted octanol–water partition coefficient (Wildman–Crippen LogP) is 3.08. The van der Waals surface area contributed by atoms with Gasteiger partial charge in [0.25, 0.3) is 0 Å². The molecular weight excluding hydrogens is 240 g/mol. The van der Waals surface area contributed by atoms with Crippen LogP contribution in [0.2, 0.25) is 0 Å². The van der Waals surface area contributed by atoms with Crippen LogP contribution in [-0.2, 0) is 0 Å². The van der Waals surface area contributed by atoms with Crippen LogP contribution in [0.3, 0.4) is 0 Å². The Morgan fingerprint density at radius 2 is 1.74 bits per heavy atom. The van der Waals surface area contributed by atoms with Crippen LogP contribution in [0.15, 0.2) is 42.5 Å². The normalized spacial score (nSPS) is 10.0. The standard InChI is InChI=1S/C15H16N2O2/c1-10-6-5-7-11(15(16)17)14(10)19-13-9-4-3-8-12(13)18-2/h3-9H,1-2H3,(H3,16,17). The van der Waals surface area contributed by atoms with E-state index in [2.05, 4.69) is 0 Å². The van der Waals surface area contributed by atoms with E-state index in [9.17, 15) is 0 Å². The van der Waals surface area contributed by atoms with Crippen LogP contribution >= 0.6 is 0 Å². The first-order valence-corrected chi connectivity index (χ1v) is 5.88. The summed E-state index contributed by atoms with van der Waals surface area (Å²) in [6, 6.07) is 12.9. The summed E-state index contributed by atoms with van der Waals surface area (Å²) in [5.41, 5.74) is 7.07. The molecule has 0 aliphatic heterocycles. The van der Waals surface area contributed by atoms with Gasteiger partial charge in [0.1, 0.15) is 11.6 Å². The van der Waals surface area contributed by atoms with Crippen molar-refractivity contribution in [3.63, 3.8) is 0 Å². The number of hydrogen-bond acceptors (Lipinski definition) is 3. The lowest BCUT2D eigenvalue weighted by atomic mass is 10.1. The maximum atomic E-state index is 7.60. The summed E-state index contributed by atoms with van der Waals surface area (Å²) in [5.74, 6) is 1.80. The average molecular weight is 256 g/mol. The molecule has 0 unspecified atom stereocenters. The third-order valence-corrected chi connectivity index (χ3v) is 2.78. The van der Waals surface area contributed by atoms with Gasteiger partial charge in [0.05, 0.1) is 12.7 Å². The van der Waals surface area contributed by atoms with Gasteiger partial charge < -0.3 is 15.2 Å². The molecule has 2 aromatic rings. The summed E-state index contributed by atoms with van der Waals surface area (Å²) in [5, 5.41) is 7.60. The SMILES string of the molecule is COc1ccccc1Oc1c(C)cccc1C(=N)N. The third-order valence-electron chi connectivity index (χ3n) is 2.78. The summed E-state index contributed by atoms with van der Waals surface area (Å²) >= 11 is 0. The fourth-order valence-corrected chi connectivity index (χ4v) is 1.81. The number of methoxy groups -OCH3 is 1. The number of amidine groups is 1. The van der Waals surface area contributed by atoms with E-state index >= 15 is 0 Å². The van der Waals surface area contributed by atoms with Crippen LogP contribution in [-0.4, -0.2) is 12.9 Å². The highest BCUT2D eigenvalue weighted by Crippen LogP contribution is 2.34. The second kappa shape index (κ2) is 5.44. The molecule has 19 heavy (non-hydrogen) atoms. The molecule has 0 aliphatic carbocycles. The zero-order chi connectivity index (χ0) is 13.8. The van der Waals surface area contributed by atoms with Gasteiger partial charge in [-0.3, -0.25) is 5.41 Å². The molecule has 0 radical (unpaired) electrons. The molecule has 0 saturated carbocycles. The number of para-hydroxylation sites is 3. The lowest BCUT2D eigenvalue weighted by molar-refractivity contribution is 0.378. The molecule has 98 valence electrons. The summed E-state index contributed by atoms with van der Waals surface area (Å²) in [6.45, 7) is 1.91. The summed E-state index contributed by atoms with van der Waals surface area (Å²) in [6.07, 6.45) is 0. The van der Waals surface area contributed by atoms with Crippen molar-refractivity contribution in [3.8, 4) is 17.2 Å². The molecule has 2 aromatic carbocycles. The quantitative estimate of drug-likeness (QED) is 0.652. The first kappa shape index (κ1) is 13.0. The Morgan fingerprint density at radius 3 is 2.37 bits per heavy atom. The molecule has 0 amide bonds. The monoisotopic (exact) mass is 256 g/mol. The third kappa shape index (κ3) is 2.68. The minimum atomic E-state index is -0.0198. The number of nitrogens with two attached hydrogens (primary N) is 1. The summed E-state index contributed by atoms with van der Waals surface area (Å²) in [7, 11) is 1.59. The van der Waals surface area contributed by atoms with Crippen molar-refractivity contribution in [2.75, 3.05) is 7.11 Å². The van der Waals surface area contributed by atoms with Gasteiger partial charge in [0, 0.05) is 0 Å². The molecule has 0 fully saturated rings. The second-order valence-corrected chi connectivity index (χ2v) is 4.12. The number of ether oxygens (including phenoxy) is 2. The van der Waals surface area contributed by atoms with E-state index in [4.69, 9.17) is 20.6 Å². The largest absolute Gasteiger partial charge is 0.493 e. The summed E-state index contributed by atoms with van der Waals surface area (Å²) < 4.78 is 11.1. The highest BCUT2D eigenvalue weighted by Gasteiger charge is 2.12. The maximum absolute atomic E-state index is 7.60. The van der Waals surface area contributed by atoms with E-state index in [1.807, 2.05) is 43.3 Å². The molecular formula is C15H16N2O2. The molecule has 0 spiro atoms. The zero-order valence-corrected chi connectivity index (χ0v) is 10.9. The predicted molar refractivity (Wildman–Crippen MR) is 75.3 cm³/mol. The fourth-order valence-electron chi connectivity index (χ4n) is 1.81. The Morgan fingerprint density at radius 1 is 1.05 bits per heavy atom. The van der Waals surface area contributed by atoms with Gasteiger partial charge in [-0.2, -0.15) is 0 Å². The average Bonchev–Trinajstić information content (AvgIpc) is 2.41. The van der Waals surface area contributed by atoms with E-state index in [1.54, 1.807) is 13.2 Å². The fraction of sp³-hybridized carbons (Fsp3) is 0.133. The van der Waals surface area contributed by atoms with Gasteiger partial charge in [-0.25, -0.2) is 0 Å². The van der Waals surface area contributed by atoms with Gasteiger partial charge in [0.2, 0.25) is 0 Å². The van der Waals surface area contributed by atoms with Crippen molar-refractivity contribution in [1.29, 1.82) is 5.41 Å². The van der Waals surface area contributed by atoms with Crippen molar-refractivity contribution in [1.82, 2.24) is 0 Å². The summed E-state index contributed by atoms with van der Waals surface area (Å²) in [4.78, 5) is 0. The first-order valence-electron chi connectivity index (χ1n) is 5.88. The van der Waals surface area contributed by atoms with E-state index in [-0.39, 0.29) is 5.84 Å². The minimum Gasteiger partial charge on any atom is -0.493 e. The number of hydrogen-bond donors (Lipinski definition) is 2. The van der Waals surface area contributed by atoms with Crippen LogP contribution in [0.1, 0.15) is 11.1 Å². The van der Waals surface area contributed by atoms with Gasteiger partial charge in [-0.05, 0) is 30.7 Å². The maximum Gasteiger partial charge on any atom is 0.169 e. The number of rotatable bonds is 4. The molecule has 3 N–H and O–H groups in total. The second-order valence-electron chi connectivity index (χ2n) is 4.12. The van der Waals surface area contributed by atoms with Gasteiger partial charge in [-0.1, -0.05) is 24.3 Å². The van der Waals surface area contributed by atoms with Crippen molar-refractivity contribution in [2.45, 2.75) is 6.92 Å². The molecule has 0 atom stereocenters. The smallest absolute Gasteiger partial charge is 0.169 e. The molecule has 0 aromatic heterocycles. The van der Waals surface area contributed by atoms with Crippen LogP contribution < -0.4 is 15.2 Å². The minimum absolute atomic E-state index is 0.0198. The first-order chi connectivity index (χ1) is 9.13. The van der Waals surface area contributed by atoms with E-state index in [0.717, 1.165) is 5.56 Å². The van der Waals surface area contributed by atoms with Gasteiger partial charge in [-0.15, -0.1) is 0 Å². The lowest BCUT2D eigenvalue weighted by Crippen LogP contribution is -2.12. The van der Waals surface area contributed by atoms with E-state index in [0.29, 0.717) is 22.8 Å².